The van der Waals surface area contributed by atoms with Crippen LogP contribution in [0.15, 0.2) is 29.2 Å². The first-order valence-electron chi connectivity index (χ1n) is 6.02. The SMILES string of the molecule is CCCC(C#N)(CCC)Sc1ccccc1Cl. The normalized spacial score (nSPS) is 11.2. The Labute approximate surface area is 113 Å². The zero-order valence-electron chi connectivity index (χ0n) is 10.4. The Kier molecular flexibility index (Phi) is 5.88. The first kappa shape index (κ1) is 14.4. The van der Waals surface area contributed by atoms with Gasteiger partial charge >= 0.3 is 0 Å². The zero-order valence-corrected chi connectivity index (χ0v) is 11.9. The number of halogens is 1. The molecule has 0 spiro atoms. The van der Waals surface area contributed by atoms with Gasteiger partial charge in [-0.3, -0.25) is 0 Å². The number of benzene rings is 1. The molecule has 0 heterocycles. The molecule has 1 aromatic rings. The Hall–Kier alpha value is -0.650. The molecule has 0 aliphatic rings. The van der Waals surface area contributed by atoms with E-state index in [0.29, 0.717) is 0 Å². The second-order valence-electron chi connectivity index (χ2n) is 4.14. The summed E-state index contributed by atoms with van der Waals surface area (Å²) >= 11 is 7.78. The monoisotopic (exact) mass is 267 g/mol. The van der Waals surface area contributed by atoms with E-state index in [1.54, 1.807) is 11.8 Å². The number of rotatable bonds is 6. The maximum atomic E-state index is 9.48. The van der Waals surface area contributed by atoms with E-state index in [-0.39, 0.29) is 4.75 Å². The van der Waals surface area contributed by atoms with Gasteiger partial charge in [-0.15, -0.1) is 11.8 Å². The van der Waals surface area contributed by atoms with Gasteiger partial charge in [0, 0.05) is 4.90 Å². The molecule has 17 heavy (non-hydrogen) atoms. The summed E-state index contributed by atoms with van der Waals surface area (Å²) < 4.78 is -0.325. The molecule has 0 radical (unpaired) electrons. The smallest absolute Gasteiger partial charge is 0.107 e. The number of nitrogens with zero attached hydrogens (tertiary/aromatic N) is 1. The summed E-state index contributed by atoms with van der Waals surface area (Å²) in [5, 5.41) is 10.2. The Morgan fingerprint density at radius 2 is 1.82 bits per heavy atom. The third-order valence-electron chi connectivity index (χ3n) is 2.65. The molecule has 1 rings (SSSR count). The van der Waals surface area contributed by atoms with Crippen molar-refractivity contribution in [3.63, 3.8) is 0 Å². The minimum atomic E-state index is -0.325. The Bertz CT molecular complexity index is 391. The van der Waals surface area contributed by atoms with Crippen molar-refractivity contribution in [2.45, 2.75) is 49.2 Å². The van der Waals surface area contributed by atoms with E-state index in [1.807, 2.05) is 24.3 Å². The van der Waals surface area contributed by atoms with Crippen LogP contribution < -0.4 is 0 Å². The molecule has 0 aromatic heterocycles. The van der Waals surface area contributed by atoms with E-state index in [4.69, 9.17) is 11.6 Å². The van der Waals surface area contributed by atoms with E-state index < -0.39 is 0 Å². The average Bonchev–Trinajstić information content (AvgIpc) is 2.33. The molecule has 0 fully saturated rings. The van der Waals surface area contributed by atoms with Gasteiger partial charge in [-0.2, -0.15) is 5.26 Å². The topological polar surface area (TPSA) is 23.8 Å². The minimum Gasteiger partial charge on any atom is -0.197 e. The molecule has 92 valence electrons. The van der Waals surface area contributed by atoms with Gasteiger partial charge in [-0.1, -0.05) is 50.4 Å². The molecular formula is C14H18ClNS. The fraction of sp³-hybridized carbons (Fsp3) is 0.500. The van der Waals surface area contributed by atoms with Crippen LogP contribution in [-0.2, 0) is 0 Å². The Morgan fingerprint density at radius 1 is 1.24 bits per heavy atom. The summed E-state index contributed by atoms with van der Waals surface area (Å²) in [5.74, 6) is 0. The van der Waals surface area contributed by atoms with Crippen molar-refractivity contribution in [1.82, 2.24) is 0 Å². The molecular weight excluding hydrogens is 250 g/mol. The van der Waals surface area contributed by atoms with Crippen LogP contribution in [0.5, 0.6) is 0 Å². The van der Waals surface area contributed by atoms with Crippen molar-refractivity contribution in [1.29, 1.82) is 5.26 Å². The molecule has 0 saturated heterocycles. The highest BCUT2D eigenvalue weighted by molar-refractivity contribution is 8.01. The zero-order chi connectivity index (χ0) is 12.7. The van der Waals surface area contributed by atoms with Crippen molar-refractivity contribution in [2.75, 3.05) is 0 Å². The fourth-order valence-corrected chi connectivity index (χ4v) is 3.55. The van der Waals surface area contributed by atoms with Gasteiger partial charge in [0.2, 0.25) is 0 Å². The highest BCUT2D eigenvalue weighted by atomic mass is 35.5. The predicted octanol–water partition coefficient (Wildman–Crippen LogP) is 5.29. The third kappa shape index (κ3) is 3.94. The van der Waals surface area contributed by atoms with Crippen LogP contribution in [0, 0.1) is 11.3 Å². The lowest BCUT2D eigenvalue weighted by Crippen LogP contribution is -2.21. The maximum absolute atomic E-state index is 9.48. The summed E-state index contributed by atoms with van der Waals surface area (Å²) in [6, 6.07) is 10.3. The van der Waals surface area contributed by atoms with Gasteiger partial charge in [-0.05, 0) is 25.0 Å². The van der Waals surface area contributed by atoms with Crippen LogP contribution in [0.4, 0.5) is 0 Å². The van der Waals surface area contributed by atoms with E-state index in [9.17, 15) is 5.26 Å². The van der Waals surface area contributed by atoms with Gasteiger partial charge in [0.1, 0.15) is 4.75 Å². The van der Waals surface area contributed by atoms with Crippen LogP contribution in [0.3, 0.4) is 0 Å². The van der Waals surface area contributed by atoms with Crippen molar-refractivity contribution >= 4 is 23.4 Å². The van der Waals surface area contributed by atoms with E-state index >= 15 is 0 Å². The Balaban J connectivity index is 2.94. The number of nitriles is 1. The van der Waals surface area contributed by atoms with Crippen LogP contribution in [0.2, 0.25) is 5.02 Å². The molecule has 1 aromatic carbocycles. The van der Waals surface area contributed by atoms with Crippen LogP contribution in [0.1, 0.15) is 39.5 Å². The largest absolute Gasteiger partial charge is 0.197 e. The summed E-state index contributed by atoms with van der Waals surface area (Å²) in [6.45, 7) is 4.24. The summed E-state index contributed by atoms with van der Waals surface area (Å²) in [5.41, 5.74) is 0. The highest BCUT2D eigenvalue weighted by Crippen LogP contribution is 2.42. The standard InChI is InChI=1S/C14H18ClNS/c1-3-9-14(11-16,10-4-2)17-13-8-6-5-7-12(13)15/h5-8H,3-4,9-10H2,1-2H3. The first-order valence-corrected chi connectivity index (χ1v) is 7.21. The highest BCUT2D eigenvalue weighted by Gasteiger charge is 2.30. The van der Waals surface area contributed by atoms with Crippen LogP contribution >= 0.6 is 23.4 Å². The van der Waals surface area contributed by atoms with E-state index in [0.717, 1.165) is 35.6 Å². The predicted molar refractivity (Wildman–Crippen MR) is 75.5 cm³/mol. The van der Waals surface area contributed by atoms with Gasteiger partial charge < -0.3 is 0 Å². The molecule has 1 nitrogen and oxygen atoms in total. The van der Waals surface area contributed by atoms with Gasteiger partial charge in [0.25, 0.3) is 0 Å². The number of hydrogen-bond acceptors (Lipinski definition) is 2. The lowest BCUT2D eigenvalue weighted by Gasteiger charge is -2.25. The lowest BCUT2D eigenvalue weighted by atomic mass is 9.99. The summed E-state index contributed by atoms with van der Waals surface area (Å²) in [4.78, 5) is 1.01. The van der Waals surface area contributed by atoms with Crippen molar-refractivity contribution < 1.29 is 0 Å². The van der Waals surface area contributed by atoms with Crippen LogP contribution in [0.25, 0.3) is 0 Å². The van der Waals surface area contributed by atoms with Crippen molar-refractivity contribution in [2.24, 2.45) is 0 Å². The minimum absolute atomic E-state index is 0.325. The Morgan fingerprint density at radius 3 is 2.29 bits per heavy atom. The number of thioether (sulfide) groups is 1. The molecule has 0 atom stereocenters. The van der Waals surface area contributed by atoms with E-state index in [2.05, 4.69) is 19.9 Å². The molecule has 0 aliphatic carbocycles. The summed E-state index contributed by atoms with van der Waals surface area (Å²) in [6.07, 6.45) is 3.86. The van der Waals surface area contributed by atoms with Crippen molar-refractivity contribution in [3.05, 3.63) is 29.3 Å². The summed E-state index contributed by atoms with van der Waals surface area (Å²) in [7, 11) is 0. The average molecular weight is 268 g/mol. The number of hydrogen-bond donors (Lipinski definition) is 0. The van der Waals surface area contributed by atoms with Crippen LogP contribution in [-0.4, -0.2) is 4.75 Å². The van der Waals surface area contributed by atoms with Gasteiger partial charge in [0.05, 0.1) is 11.1 Å². The second kappa shape index (κ2) is 6.93. The quantitative estimate of drug-likeness (QED) is 0.654. The first-order chi connectivity index (χ1) is 8.17. The van der Waals surface area contributed by atoms with Gasteiger partial charge in [0.15, 0.2) is 0 Å². The second-order valence-corrected chi connectivity index (χ2v) is 5.97. The van der Waals surface area contributed by atoms with Crippen molar-refractivity contribution in [3.8, 4) is 6.07 Å². The van der Waals surface area contributed by atoms with Gasteiger partial charge in [-0.25, -0.2) is 0 Å². The molecule has 0 N–H and O–H groups in total. The molecule has 0 bridgehead atoms. The lowest BCUT2D eigenvalue weighted by molar-refractivity contribution is 0.584. The molecule has 0 saturated carbocycles. The third-order valence-corrected chi connectivity index (χ3v) is 4.56. The molecule has 0 aliphatic heterocycles. The van der Waals surface area contributed by atoms with E-state index in [1.165, 1.54) is 0 Å². The molecule has 3 heteroatoms. The maximum Gasteiger partial charge on any atom is 0.107 e. The molecule has 0 amide bonds. The molecule has 0 unspecified atom stereocenters. The fourth-order valence-electron chi connectivity index (χ4n) is 1.91.